The summed E-state index contributed by atoms with van der Waals surface area (Å²) in [5, 5.41) is 20.6. The summed E-state index contributed by atoms with van der Waals surface area (Å²) in [5.41, 5.74) is 10.0. The number of benzene rings is 4. The minimum Gasteiger partial charge on any atom is -0.508 e. The number of phenolic OH excluding ortho intramolecular Hbond substituents is 2. The number of rotatable bonds is 9. The smallest absolute Gasteiger partial charge is 0.257 e. The van der Waals surface area contributed by atoms with Crippen molar-refractivity contribution in [3.63, 3.8) is 0 Å². The quantitative estimate of drug-likeness (QED) is 0.169. The first kappa shape index (κ1) is 49.4. The van der Waals surface area contributed by atoms with Gasteiger partial charge in [0.1, 0.15) is 19.0 Å². The lowest BCUT2D eigenvalue weighted by Gasteiger charge is -2.32. The van der Waals surface area contributed by atoms with Crippen molar-refractivity contribution >= 4 is 53.4 Å². The van der Waals surface area contributed by atoms with Gasteiger partial charge in [0.15, 0.2) is 34.5 Å². The van der Waals surface area contributed by atoms with E-state index in [1.54, 1.807) is 82.4 Å². The molecule has 0 bridgehead atoms. The maximum Gasteiger partial charge on any atom is 0.257 e. The van der Waals surface area contributed by atoms with Crippen molar-refractivity contribution in [3.05, 3.63) is 136 Å². The third kappa shape index (κ3) is 8.77. The SMILES string of the molecule is COc1cc2c(cc1O)N=C[C@@H]1Cc3c(ncn3C)CN1C2=O.COc1cc2c(cc1OCc1cc(O)cc(COc3cc4c(cc3OC)C(=O)N3Cc5ncn(C)c5C[C@H]3C=N4)c1)N=C[C@@H]1Cc3c(ncn3C)CN1C2=O. The number of nitrogens with zero attached hydrogens (tertiary/aromatic N) is 12. The third-order valence-corrected chi connectivity index (χ3v) is 15.1. The van der Waals surface area contributed by atoms with E-state index in [-0.39, 0.29) is 66.3 Å². The van der Waals surface area contributed by atoms with Crippen molar-refractivity contribution in [2.45, 2.75) is 70.2 Å². The van der Waals surface area contributed by atoms with Crippen LogP contribution in [0.4, 0.5) is 17.1 Å². The summed E-state index contributed by atoms with van der Waals surface area (Å²) in [5.74, 6) is 1.41. The summed E-state index contributed by atoms with van der Waals surface area (Å²) in [6.45, 7) is 1.42. The predicted octanol–water partition coefficient (Wildman–Crippen LogP) is 6.02. The fourth-order valence-electron chi connectivity index (χ4n) is 10.9. The number of amides is 3. The average Bonchev–Trinajstić information content (AvgIpc) is 4.14. The van der Waals surface area contributed by atoms with E-state index in [2.05, 4.69) is 19.9 Å². The van der Waals surface area contributed by atoms with E-state index in [0.717, 1.165) is 34.2 Å². The van der Waals surface area contributed by atoms with Crippen LogP contribution < -0.4 is 23.7 Å². The van der Waals surface area contributed by atoms with Crippen molar-refractivity contribution in [1.29, 1.82) is 0 Å². The van der Waals surface area contributed by atoms with Crippen LogP contribution in [0.25, 0.3) is 0 Å². The normalized spacial score (nSPS) is 18.3. The topological polar surface area (TPSA) is 238 Å². The van der Waals surface area contributed by atoms with E-state index in [4.69, 9.17) is 33.7 Å². The number of phenols is 2. The highest BCUT2D eigenvalue weighted by molar-refractivity contribution is 6.05. The zero-order valence-electron chi connectivity index (χ0n) is 43.6. The maximum absolute atomic E-state index is 13.8. The molecule has 0 saturated carbocycles. The van der Waals surface area contributed by atoms with E-state index in [1.165, 1.54) is 27.4 Å². The van der Waals surface area contributed by atoms with Crippen molar-refractivity contribution in [2.75, 3.05) is 21.3 Å². The molecule has 6 aliphatic heterocycles. The molecular formula is C56H54N12O10. The van der Waals surface area contributed by atoms with E-state index in [1.807, 2.05) is 53.3 Å². The summed E-state index contributed by atoms with van der Waals surface area (Å²) >= 11 is 0. The molecule has 22 heteroatoms. The van der Waals surface area contributed by atoms with Crippen molar-refractivity contribution in [3.8, 4) is 40.2 Å². The molecule has 0 saturated heterocycles. The van der Waals surface area contributed by atoms with Gasteiger partial charge >= 0.3 is 0 Å². The van der Waals surface area contributed by atoms with Crippen LogP contribution in [0, 0.1) is 0 Å². The molecule has 13 rings (SSSR count). The van der Waals surface area contributed by atoms with Gasteiger partial charge < -0.3 is 62.3 Å². The third-order valence-electron chi connectivity index (χ3n) is 15.1. The number of aryl methyl sites for hydroxylation is 3. The molecule has 3 aromatic heterocycles. The lowest BCUT2D eigenvalue weighted by Crippen LogP contribution is -2.44. The largest absolute Gasteiger partial charge is 0.508 e. The number of hydrogen-bond acceptors (Lipinski definition) is 16. The highest BCUT2D eigenvalue weighted by Gasteiger charge is 2.38. The second-order valence-electron chi connectivity index (χ2n) is 19.9. The summed E-state index contributed by atoms with van der Waals surface area (Å²) in [4.78, 5) is 73.0. The van der Waals surface area contributed by atoms with Gasteiger partial charge in [-0.05, 0) is 47.5 Å². The molecular weight excluding hydrogens is 1000 g/mol. The summed E-state index contributed by atoms with van der Waals surface area (Å²) in [6, 6.07) is 14.3. The zero-order valence-corrected chi connectivity index (χ0v) is 43.6. The van der Waals surface area contributed by atoms with Crippen LogP contribution in [0.1, 0.15) is 76.4 Å². The Kier molecular flexibility index (Phi) is 12.4. The predicted molar refractivity (Wildman–Crippen MR) is 284 cm³/mol. The van der Waals surface area contributed by atoms with Crippen LogP contribution in [0.5, 0.6) is 40.2 Å². The first-order valence-corrected chi connectivity index (χ1v) is 25.2. The molecule has 4 aromatic carbocycles. The van der Waals surface area contributed by atoms with Gasteiger partial charge in [-0.2, -0.15) is 0 Å². The molecule has 398 valence electrons. The van der Waals surface area contributed by atoms with Gasteiger partial charge in [-0.25, -0.2) is 15.0 Å². The number of hydrogen-bond donors (Lipinski definition) is 2. The molecule has 0 radical (unpaired) electrons. The molecule has 0 unspecified atom stereocenters. The summed E-state index contributed by atoms with van der Waals surface area (Å²) in [6.07, 6.45) is 12.6. The van der Waals surface area contributed by atoms with E-state index < -0.39 is 0 Å². The van der Waals surface area contributed by atoms with Gasteiger partial charge in [0, 0.05) is 94.3 Å². The number of aromatic nitrogens is 6. The summed E-state index contributed by atoms with van der Waals surface area (Å²) in [7, 11) is 10.4. The highest BCUT2D eigenvalue weighted by Crippen LogP contribution is 2.42. The molecule has 0 aliphatic carbocycles. The zero-order chi connectivity index (χ0) is 54.1. The number of imidazole rings is 3. The lowest BCUT2D eigenvalue weighted by atomic mass is 10.0. The molecule has 2 N–H and O–H groups in total. The molecule has 9 heterocycles. The molecule has 6 aliphatic rings. The first-order chi connectivity index (χ1) is 37.7. The second-order valence-corrected chi connectivity index (χ2v) is 19.9. The monoisotopic (exact) mass is 1050 g/mol. The number of aromatic hydroxyl groups is 2. The Morgan fingerprint density at radius 1 is 0.474 bits per heavy atom. The van der Waals surface area contributed by atoms with E-state index in [0.29, 0.717) is 107 Å². The van der Waals surface area contributed by atoms with Gasteiger partial charge in [-0.3, -0.25) is 29.4 Å². The van der Waals surface area contributed by atoms with Gasteiger partial charge in [0.2, 0.25) is 0 Å². The van der Waals surface area contributed by atoms with Crippen LogP contribution >= 0.6 is 0 Å². The minimum absolute atomic E-state index is 0.0268. The maximum atomic E-state index is 13.8. The fourth-order valence-corrected chi connectivity index (χ4v) is 10.9. The van der Waals surface area contributed by atoms with Gasteiger partial charge in [0.05, 0.1) is 129 Å². The van der Waals surface area contributed by atoms with Crippen LogP contribution in [0.15, 0.2) is 88.6 Å². The molecule has 0 fully saturated rings. The lowest BCUT2D eigenvalue weighted by molar-refractivity contribution is 0.0691. The Labute approximate surface area is 447 Å². The molecule has 7 aromatic rings. The van der Waals surface area contributed by atoms with Crippen LogP contribution in [-0.2, 0) is 73.3 Å². The fraction of sp³-hybridized carbons (Fsp3) is 0.304. The number of ether oxygens (including phenoxy) is 5. The van der Waals surface area contributed by atoms with Crippen LogP contribution in [0.3, 0.4) is 0 Å². The number of fused-ring (bicyclic) bond motifs is 9. The Morgan fingerprint density at radius 3 is 1.21 bits per heavy atom. The Bertz CT molecular complexity index is 3540. The average molecular weight is 1060 g/mol. The van der Waals surface area contributed by atoms with Crippen LogP contribution in [-0.4, -0.2) is 129 Å². The minimum atomic E-state index is -0.203. The standard InChI is InChI=1S/C40H38N8O7.C16H16N4O3/c1-45-20-43-31-16-47-24(8-33(31)45)14-41-29-12-37(35(52-3)10-27(29)39(47)50)54-18-22-5-23(7-26(49)6-22)19-55-38-13-30-28(11-36(38)53-4)40(51)48-17-32-34(46(2)21-44-32)9-25(48)15-42-30;1-19-8-18-12-7-20-9(3-13(12)19)6-17-11-5-14(21)15(23-2)4-10(11)16(20)22/h5-7,10-15,20-21,24-25,49H,8-9,16-19H2,1-4H3;4-6,8-9,21H,3,7H2,1-2H3/t24-,25-;9-/m00/s1. The van der Waals surface area contributed by atoms with E-state index in [9.17, 15) is 24.6 Å². The van der Waals surface area contributed by atoms with Gasteiger partial charge in [0.25, 0.3) is 17.7 Å². The van der Waals surface area contributed by atoms with Crippen molar-refractivity contribution in [1.82, 2.24) is 43.4 Å². The van der Waals surface area contributed by atoms with Gasteiger partial charge in [-0.1, -0.05) is 0 Å². The molecule has 0 spiro atoms. The Hall–Kier alpha value is -9.47. The number of carbonyl (C=O) groups excluding carboxylic acids is 3. The molecule has 3 amide bonds. The van der Waals surface area contributed by atoms with Gasteiger partial charge in [-0.15, -0.1) is 0 Å². The molecule has 3 atom stereocenters. The Morgan fingerprint density at radius 2 is 0.833 bits per heavy atom. The molecule has 22 nitrogen and oxygen atoms in total. The van der Waals surface area contributed by atoms with Crippen molar-refractivity contribution < 1.29 is 48.3 Å². The molecule has 78 heavy (non-hydrogen) atoms. The van der Waals surface area contributed by atoms with Crippen molar-refractivity contribution in [2.24, 2.45) is 36.1 Å². The number of carbonyl (C=O) groups is 3. The number of aliphatic imine (C=N–C) groups is 3. The Balaban J connectivity index is 0.000000220. The highest BCUT2D eigenvalue weighted by atomic mass is 16.5. The van der Waals surface area contributed by atoms with E-state index >= 15 is 0 Å². The van der Waals surface area contributed by atoms with Crippen LogP contribution in [0.2, 0.25) is 0 Å². The summed E-state index contributed by atoms with van der Waals surface area (Å²) < 4.78 is 34.8. The first-order valence-electron chi connectivity index (χ1n) is 25.2. The second kappa shape index (κ2) is 19.6. The number of methoxy groups -OCH3 is 3.